The Morgan fingerprint density at radius 2 is 1.49 bits per heavy atom. The maximum absolute atomic E-state index is 12.9. The lowest BCUT2D eigenvalue weighted by atomic mass is 9.86. The standard InChI is InChI=1S/C29H28F6N2O4/c30-28(31,32)40-21-6-1-4-19(16-21)23-8-3-9-26-24(23)10-11-25(20-5-2-7-22(17-20)41-29(33,34)35)37(26)27(38)18-36-12-14-39-15-13-36/h1-9,16-17,25,27,38H,10-15,18H2. The topological polar surface area (TPSA) is 54.4 Å². The number of benzene rings is 3. The van der Waals surface area contributed by atoms with Crippen LogP contribution in [0.15, 0.2) is 66.7 Å². The summed E-state index contributed by atoms with van der Waals surface area (Å²) in [6.07, 6.45) is -9.84. The van der Waals surface area contributed by atoms with E-state index in [1.165, 1.54) is 36.4 Å². The lowest BCUT2D eigenvalue weighted by Gasteiger charge is -2.44. The Morgan fingerprint density at radius 3 is 2.17 bits per heavy atom. The molecule has 5 rings (SSSR count). The summed E-state index contributed by atoms with van der Waals surface area (Å²) >= 11 is 0. The Hall–Kier alpha value is -3.48. The summed E-state index contributed by atoms with van der Waals surface area (Å²) in [6, 6.07) is 16.2. The minimum absolute atomic E-state index is 0.261. The molecule has 0 aliphatic carbocycles. The number of alkyl halides is 6. The van der Waals surface area contributed by atoms with E-state index in [1.54, 1.807) is 35.2 Å². The highest BCUT2D eigenvalue weighted by Crippen LogP contribution is 2.44. The lowest BCUT2D eigenvalue weighted by molar-refractivity contribution is -0.275. The zero-order chi connectivity index (χ0) is 29.2. The zero-order valence-corrected chi connectivity index (χ0v) is 21.8. The van der Waals surface area contributed by atoms with Gasteiger partial charge in [-0.25, -0.2) is 0 Å². The fraction of sp³-hybridized carbons (Fsp3) is 0.379. The summed E-state index contributed by atoms with van der Waals surface area (Å²) in [6.45, 7) is 2.53. The summed E-state index contributed by atoms with van der Waals surface area (Å²) in [5.41, 5.74) is 3.15. The van der Waals surface area contributed by atoms with Crippen molar-refractivity contribution in [2.24, 2.45) is 0 Å². The van der Waals surface area contributed by atoms with Gasteiger partial charge in [0.1, 0.15) is 17.7 Å². The van der Waals surface area contributed by atoms with Crippen LogP contribution in [-0.4, -0.2) is 61.8 Å². The van der Waals surface area contributed by atoms with Crippen LogP contribution < -0.4 is 14.4 Å². The molecule has 6 nitrogen and oxygen atoms in total. The molecule has 0 spiro atoms. The first-order valence-electron chi connectivity index (χ1n) is 13.1. The van der Waals surface area contributed by atoms with Crippen LogP contribution in [0.4, 0.5) is 32.0 Å². The molecule has 2 unspecified atom stereocenters. The van der Waals surface area contributed by atoms with Crippen LogP contribution in [0.3, 0.4) is 0 Å². The Labute approximate surface area is 232 Å². The quantitative estimate of drug-likeness (QED) is 0.331. The number of morpholine rings is 1. The SMILES string of the molecule is OC(CN1CCOCC1)N1c2cccc(-c3cccc(OC(F)(F)F)c3)c2CCC1c1cccc(OC(F)(F)F)c1. The molecule has 0 bridgehead atoms. The van der Waals surface area contributed by atoms with Gasteiger partial charge in [-0.2, -0.15) is 0 Å². The third-order valence-corrected chi connectivity index (χ3v) is 7.13. The summed E-state index contributed by atoms with van der Waals surface area (Å²) < 4.78 is 91.1. The van der Waals surface area contributed by atoms with E-state index in [4.69, 9.17) is 4.74 Å². The number of aliphatic hydroxyl groups excluding tert-OH is 1. The van der Waals surface area contributed by atoms with Gasteiger partial charge in [0.05, 0.1) is 19.3 Å². The second-order valence-corrected chi connectivity index (χ2v) is 9.85. The molecular formula is C29H28F6N2O4. The van der Waals surface area contributed by atoms with Crippen molar-refractivity contribution < 1.29 is 45.7 Å². The molecule has 0 saturated carbocycles. The monoisotopic (exact) mass is 582 g/mol. The smallest absolute Gasteiger partial charge is 0.406 e. The van der Waals surface area contributed by atoms with Crippen molar-refractivity contribution >= 4 is 5.69 Å². The number of hydrogen-bond donors (Lipinski definition) is 1. The molecule has 2 aliphatic rings. The second kappa shape index (κ2) is 11.8. The molecule has 12 heteroatoms. The predicted octanol–water partition coefficient (Wildman–Crippen LogP) is 6.30. The van der Waals surface area contributed by atoms with Crippen LogP contribution >= 0.6 is 0 Å². The van der Waals surface area contributed by atoms with Gasteiger partial charge in [-0.15, -0.1) is 26.3 Å². The van der Waals surface area contributed by atoms with E-state index >= 15 is 0 Å². The number of halogens is 6. The van der Waals surface area contributed by atoms with Crippen LogP contribution in [0.5, 0.6) is 11.5 Å². The van der Waals surface area contributed by atoms with Crippen molar-refractivity contribution in [2.75, 3.05) is 37.7 Å². The van der Waals surface area contributed by atoms with Crippen LogP contribution in [0, 0.1) is 0 Å². The van der Waals surface area contributed by atoms with Gasteiger partial charge < -0.3 is 24.2 Å². The van der Waals surface area contributed by atoms with E-state index in [9.17, 15) is 31.4 Å². The van der Waals surface area contributed by atoms with Crippen molar-refractivity contribution in [1.82, 2.24) is 4.90 Å². The van der Waals surface area contributed by atoms with Crippen LogP contribution in [0.1, 0.15) is 23.6 Å². The second-order valence-electron chi connectivity index (χ2n) is 9.85. The van der Waals surface area contributed by atoms with Gasteiger partial charge >= 0.3 is 12.7 Å². The Kier molecular flexibility index (Phi) is 8.35. The van der Waals surface area contributed by atoms with Crippen molar-refractivity contribution in [3.8, 4) is 22.6 Å². The van der Waals surface area contributed by atoms with E-state index < -0.39 is 25.0 Å². The first-order valence-corrected chi connectivity index (χ1v) is 13.1. The van der Waals surface area contributed by atoms with E-state index in [0.29, 0.717) is 61.5 Å². The van der Waals surface area contributed by atoms with Crippen molar-refractivity contribution in [2.45, 2.75) is 37.8 Å². The molecule has 0 aromatic heterocycles. The van der Waals surface area contributed by atoms with Gasteiger partial charge in [-0.3, -0.25) is 4.90 Å². The van der Waals surface area contributed by atoms with Crippen LogP contribution in [0.25, 0.3) is 11.1 Å². The molecule has 220 valence electrons. The van der Waals surface area contributed by atoms with Gasteiger partial charge in [-0.05, 0) is 65.4 Å². The van der Waals surface area contributed by atoms with Crippen molar-refractivity contribution in [3.05, 3.63) is 77.9 Å². The minimum Gasteiger partial charge on any atom is -0.406 e. The van der Waals surface area contributed by atoms with Crippen LogP contribution in [-0.2, 0) is 11.2 Å². The first kappa shape index (κ1) is 29.0. The Balaban J connectivity index is 1.53. The van der Waals surface area contributed by atoms with E-state index in [-0.39, 0.29) is 18.0 Å². The summed E-state index contributed by atoms with van der Waals surface area (Å²) in [4.78, 5) is 3.82. The molecule has 0 radical (unpaired) electrons. The largest absolute Gasteiger partial charge is 0.573 e. The van der Waals surface area contributed by atoms with Gasteiger partial charge in [0.2, 0.25) is 0 Å². The number of rotatable bonds is 7. The molecule has 2 atom stereocenters. The summed E-state index contributed by atoms with van der Waals surface area (Å²) in [5.74, 6) is -0.717. The third kappa shape index (κ3) is 7.24. The molecule has 3 aromatic rings. The Bertz CT molecular complexity index is 1340. The highest BCUT2D eigenvalue weighted by Gasteiger charge is 2.36. The highest BCUT2D eigenvalue weighted by atomic mass is 19.4. The average Bonchev–Trinajstić information content (AvgIpc) is 2.91. The number of aliphatic hydroxyl groups is 1. The lowest BCUT2D eigenvalue weighted by Crippen LogP contribution is -2.50. The molecule has 1 N–H and O–H groups in total. The first-order chi connectivity index (χ1) is 19.5. The molecule has 1 fully saturated rings. The maximum Gasteiger partial charge on any atom is 0.573 e. The van der Waals surface area contributed by atoms with Gasteiger partial charge in [0.25, 0.3) is 0 Å². The molecule has 3 aromatic carbocycles. The van der Waals surface area contributed by atoms with E-state index in [1.807, 2.05) is 4.90 Å². The fourth-order valence-electron chi connectivity index (χ4n) is 5.52. The van der Waals surface area contributed by atoms with Crippen LogP contribution in [0.2, 0.25) is 0 Å². The molecule has 1 saturated heterocycles. The van der Waals surface area contributed by atoms with Crippen molar-refractivity contribution in [3.63, 3.8) is 0 Å². The third-order valence-electron chi connectivity index (χ3n) is 7.13. The maximum atomic E-state index is 12.9. The van der Waals surface area contributed by atoms with E-state index in [2.05, 4.69) is 9.47 Å². The molecule has 0 amide bonds. The van der Waals surface area contributed by atoms with Gasteiger partial charge in [0.15, 0.2) is 0 Å². The van der Waals surface area contributed by atoms with Crippen molar-refractivity contribution in [1.29, 1.82) is 0 Å². The number of β-amino-alcohol motifs (C(OH)–C–C–N with tert-alkyl or cyclic N) is 1. The molecule has 41 heavy (non-hydrogen) atoms. The van der Waals surface area contributed by atoms with Gasteiger partial charge in [-0.1, -0.05) is 36.4 Å². The summed E-state index contributed by atoms with van der Waals surface area (Å²) in [7, 11) is 0. The number of fused-ring (bicyclic) bond motifs is 1. The number of anilines is 1. The Morgan fingerprint density at radius 1 is 0.854 bits per heavy atom. The fourth-order valence-corrected chi connectivity index (χ4v) is 5.52. The molecular weight excluding hydrogens is 554 g/mol. The minimum atomic E-state index is -4.85. The van der Waals surface area contributed by atoms with E-state index in [0.717, 1.165) is 5.56 Å². The molecule has 2 aliphatic heterocycles. The zero-order valence-electron chi connectivity index (χ0n) is 21.8. The number of ether oxygens (including phenoxy) is 3. The average molecular weight is 583 g/mol. The highest BCUT2D eigenvalue weighted by molar-refractivity contribution is 5.76. The van der Waals surface area contributed by atoms with Gasteiger partial charge in [0, 0.05) is 25.3 Å². The number of hydrogen-bond acceptors (Lipinski definition) is 6. The summed E-state index contributed by atoms with van der Waals surface area (Å²) in [5, 5.41) is 11.6. The molecule has 2 heterocycles. The normalized spacial score (nSPS) is 19.0. The predicted molar refractivity (Wildman–Crippen MR) is 138 cm³/mol. The number of nitrogens with zero attached hydrogens (tertiary/aromatic N) is 2.